The average Bonchev–Trinajstić information content (AvgIpc) is 3.17. The van der Waals surface area contributed by atoms with Crippen molar-refractivity contribution < 1.29 is 5.11 Å². The maximum atomic E-state index is 10.3. The summed E-state index contributed by atoms with van der Waals surface area (Å²) in [5.74, 6) is 1.01. The molecule has 0 amide bonds. The maximum Gasteiger partial charge on any atom is 0.187 e. The van der Waals surface area contributed by atoms with Gasteiger partial charge in [0.2, 0.25) is 0 Å². The molecule has 0 atom stereocenters. The number of rotatable bonds is 7. The van der Waals surface area contributed by atoms with Gasteiger partial charge in [0.25, 0.3) is 0 Å². The Morgan fingerprint density at radius 3 is 2.42 bits per heavy atom. The SMILES string of the molecule is [C-]#[N+]c1ccc(Cn2c(CN3CCC(CO)(Cc4cc(C)ccc4C)CC3)cnc2C)cc1. The summed E-state index contributed by atoms with van der Waals surface area (Å²) < 4.78 is 2.27. The first-order chi connectivity index (χ1) is 15.9. The summed E-state index contributed by atoms with van der Waals surface area (Å²) in [6.07, 6.45) is 4.94. The quantitative estimate of drug-likeness (QED) is 0.510. The minimum absolute atomic E-state index is 0.0319. The first kappa shape index (κ1) is 23.2. The van der Waals surface area contributed by atoms with Gasteiger partial charge in [-0.15, -0.1) is 0 Å². The van der Waals surface area contributed by atoms with Crippen LogP contribution in [0.2, 0.25) is 0 Å². The number of hydrogen-bond donors (Lipinski definition) is 1. The van der Waals surface area contributed by atoms with Crippen molar-refractivity contribution in [3.05, 3.63) is 93.9 Å². The molecule has 0 aliphatic carbocycles. The van der Waals surface area contributed by atoms with E-state index < -0.39 is 0 Å². The van der Waals surface area contributed by atoms with Gasteiger partial charge in [-0.2, -0.15) is 0 Å². The molecule has 1 fully saturated rings. The number of piperidine rings is 1. The summed E-state index contributed by atoms with van der Waals surface area (Å²) in [6, 6.07) is 14.5. The van der Waals surface area contributed by atoms with E-state index in [1.807, 2.05) is 37.4 Å². The molecule has 1 N–H and O–H groups in total. The Hall–Kier alpha value is -2.94. The highest BCUT2D eigenvalue weighted by Gasteiger charge is 2.34. The molecule has 0 unspecified atom stereocenters. The van der Waals surface area contributed by atoms with Gasteiger partial charge in [-0.05, 0) is 75.2 Å². The predicted octanol–water partition coefficient (Wildman–Crippen LogP) is 5.22. The molecule has 5 nitrogen and oxygen atoms in total. The van der Waals surface area contributed by atoms with Crippen LogP contribution < -0.4 is 0 Å². The third-order valence-corrected chi connectivity index (χ3v) is 7.25. The van der Waals surface area contributed by atoms with Crippen molar-refractivity contribution >= 4 is 5.69 Å². The summed E-state index contributed by atoms with van der Waals surface area (Å²) in [5.41, 5.74) is 7.01. The zero-order chi connectivity index (χ0) is 23.4. The average molecular weight is 443 g/mol. The molecule has 172 valence electrons. The number of aryl methyl sites for hydroxylation is 3. The largest absolute Gasteiger partial charge is 0.396 e. The van der Waals surface area contributed by atoms with Crippen LogP contribution >= 0.6 is 0 Å². The monoisotopic (exact) mass is 442 g/mol. The standard InChI is InChI=1S/C28H34N4O/c1-21-5-6-22(2)25(15-21)16-28(20-33)11-13-31(14-12-28)19-27-17-30-23(3)32(27)18-24-7-9-26(29-4)10-8-24/h5-10,15,17,33H,11-14,16,18-20H2,1-3H3. The summed E-state index contributed by atoms with van der Waals surface area (Å²) in [4.78, 5) is 10.6. The fourth-order valence-corrected chi connectivity index (χ4v) is 4.92. The van der Waals surface area contributed by atoms with Crippen molar-refractivity contribution in [2.45, 2.75) is 53.1 Å². The van der Waals surface area contributed by atoms with Gasteiger partial charge in [0, 0.05) is 25.9 Å². The second-order valence-corrected chi connectivity index (χ2v) is 9.70. The molecule has 5 heteroatoms. The number of aromatic nitrogens is 2. The minimum Gasteiger partial charge on any atom is -0.396 e. The van der Waals surface area contributed by atoms with Gasteiger partial charge in [0.15, 0.2) is 5.69 Å². The maximum absolute atomic E-state index is 10.3. The molecule has 4 rings (SSSR count). The molecule has 1 aromatic heterocycles. The molecule has 0 bridgehead atoms. The van der Waals surface area contributed by atoms with E-state index in [0.29, 0.717) is 5.69 Å². The topological polar surface area (TPSA) is 45.6 Å². The van der Waals surface area contributed by atoms with Crippen LogP contribution in [0.4, 0.5) is 5.69 Å². The van der Waals surface area contributed by atoms with Crippen LogP contribution in [-0.2, 0) is 19.5 Å². The molecule has 1 saturated heterocycles. The van der Waals surface area contributed by atoms with E-state index in [-0.39, 0.29) is 12.0 Å². The van der Waals surface area contributed by atoms with Gasteiger partial charge in [-0.1, -0.05) is 48.0 Å². The molecule has 2 aromatic carbocycles. The van der Waals surface area contributed by atoms with Gasteiger partial charge in [0.1, 0.15) is 5.82 Å². The smallest absolute Gasteiger partial charge is 0.187 e. The lowest BCUT2D eigenvalue weighted by molar-refractivity contribution is 0.0405. The van der Waals surface area contributed by atoms with Crippen LogP contribution in [0.5, 0.6) is 0 Å². The van der Waals surface area contributed by atoms with Crippen molar-refractivity contribution in [2.24, 2.45) is 5.41 Å². The van der Waals surface area contributed by atoms with E-state index in [1.165, 1.54) is 27.9 Å². The van der Waals surface area contributed by atoms with Crippen LogP contribution in [0.25, 0.3) is 4.85 Å². The first-order valence-electron chi connectivity index (χ1n) is 11.8. The normalized spacial score (nSPS) is 16.0. The number of aliphatic hydroxyl groups is 1. The van der Waals surface area contributed by atoms with Crippen LogP contribution in [0.3, 0.4) is 0 Å². The van der Waals surface area contributed by atoms with Crippen molar-refractivity contribution in [1.29, 1.82) is 0 Å². The van der Waals surface area contributed by atoms with E-state index in [2.05, 4.69) is 51.3 Å². The number of hydrogen-bond acceptors (Lipinski definition) is 3. The van der Waals surface area contributed by atoms with Gasteiger partial charge in [-0.25, -0.2) is 9.83 Å². The lowest BCUT2D eigenvalue weighted by atomic mass is 9.73. The third kappa shape index (κ3) is 5.35. The van der Waals surface area contributed by atoms with Gasteiger partial charge >= 0.3 is 0 Å². The molecule has 0 radical (unpaired) electrons. The van der Waals surface area contributed by atoms with E-state index in [4.69, 9.17) is 6.57 Å². The van der Waals surface area contributed by atoms with Crippen molar-refractivity contribution in [3.8, 4) is 0 Å². The van der Waals surface area contributed by atoms with Crippen molar-refractivity contribution in [1.82, 2.24) is 14.5 Å². The second kappa shape index (κ2) is 9.91. The summed E-state index contributed by atoms with van der Waals surface area (Å²) in [5, 5.41) is 10.3. The molecule has 33 heavy (non-hydrogen) atoms. The van der Waals surface area contributed by atoms with Crippen LogP contribution in [0, 0.1) is 32.8 Å². The van der Waals surface area contributed by atoms with Gasteiger partial charge in [-0.3, -0.25) is 4.90 Å². The Balaban J connectivity index is 1.41. The van der Waals surface area contributed by atoms with Crippen LogP contribution in [0.15, 0.2) is 48.7 Å². The van der Waals surface area contributed by atoms with E-state index >= 15 is 0 Å². The second-order valence-electron chi connectivity index (χ2n) is 9.70. The number of imidazole rings is 1. The molecule has 3 aromatic rings. The Bertz CT molecular complexity index is 1130. The molecule has 2 heterocycles. The van der Waals surface area contributed by atoms with Crippen LogP contribution in [0.1, 0.15) is 46.6 Å². The summed E-state index contributed by atoms with van der Waals surface area (Å²) in [6.45, 7) is 17.3. The molecule has 1 aliphatic rings. The van der Waals surface area contributed by atoms with Crippen molar-refractivity contribution in [2.75, 3.05) is 19.7 Å². The zero-order valence-electron chi connectivity index (χ0n) is 20.0. The Labute approximate surface area is 197 Å². The predicted molar refractivity (Wildman–Crippen MR) is 132 cm³/mol. The van der Waals surface area contributed by atoms with E-state index in [0.717, 1.165) is 51.3 Å². The number of benzene rings is 2. The Morgan fingerprint density at radius 2 is 1.76 bits per heavy atom. The fraction of sp³-hybridized carbons (Fsp3) is 0.429. The Kier molecular flexibility index (Phi) is 6.97. The minimum atomic E-state index is -0.0319. The third-order valence-electron chi connectivity index (χ3n) is 7.25. The zero-order valence-corrected chi connectivity index (χ0v) is 20.0. The highest BCUT2D eigenvalue weighted by atomic mass is 16.3. The van der Waals surface area contributed by atoms with Gasteiger partial charge < -0.3 is 9.67 Å². The van der Waals surface area contributed by atoms with Crippen molar-refractivity contribution in [3.63, 3.8) is 0 Å². The number of nitrogens with zero attached hydrogens (tertiary/aromatic N) is 4. The molecule has 0 saturated carbocycles. The summed E-state index contributed by atoms with van der Waals surface area (Å²) in [7, 11) is 0. The van der Waals surface area contributed by atoms with Crippen LogP contribution in [-0.4, -0.2) is 39.3 Å². The molecule has 0 spiro atoms. The molecular formula is C28H34N4O. The molecular weight excluding hydrogens is 408 g/mol. The number of aliphatic hydroxyl groups excluding tert-OH is 1. The number of likely N-dealkylation sites (tertiary alicyclic amines) is 1. The fourth-order valence-electron chi connectivity index (χ4n) is 4.92. The summed E-state index contributed by atoms with van der Waals surface area (Å²) >= 11 is 0. The highest BCUT2D eigenvalue weighted by Crippen LogP contribution is 2.36. The van der Waals surface area contributed by atoms with Gasteiger partial charge in [0.05, 0.1) is 12.3 Å². The Morgan fingerprint density at radius 1 is 1.03 bits per heavy atom. The lowest BCUT2D eigenvalue weighted by Crippen LogP contribution is -2.43. The highest BCUT2D eigenvalue weighted by molar-refractivity contribution is 5.45. The van der Waals surface area contributed by atoms with E-state index in [9.17, 15) is 5.11 Å². The van der Waals surface area contributed by atoms with E-state index in [1.54, 1.807) is 0 Å². The lowest BCUT2D eigenvalue weighted by Gasteiger charge is -2.41. The first-order valence-corrected chi connectivity index (χ1v) is 11.8. The molecule has 1 aliphatic heterocycles.